The van der Waals surface area contributed by atoms with E-state index in [2.05, 4.69) is 0 Å². The highest BCUT2D eigenvalue weighted by Crippen LogP contribution is 2.38. The van der Waals surface area contributed by atoms with Crippen LogP contribution in [0.5, 0.6) is 28.7 Å². The predicted molar refractivity (Wildman–Crippen MR) is 125 cm³/mol. The van der Waals surface area contributed by atoms with Crippen molar-refractivity contribution in [1.29, 1.82) is 0 Å². The van der Waals surface area contributed by atoms with Crippen LogP contribution < -0.4 is 23.7 Å². The molecule has 0 fully saturated rings. The number of benzene rings is 3. The van der Waals surface area contributed by atoms with Crippen LogP contribution in [0.3, 0.4) is 0 Å². The molecule has 8 nitrogen and oxygen atoms in total. The Kier molecular flexibility index (Phi) is 6.01. The second kappa shape index (κ2) is 9.42. The third kappa shape index (κ3) is 4.38. The first-order chi connectivity index (χ1) is 17.1. The molecule has 3 aromatic carbocycles. The van der Waals surface area contributed by atoms with Crippen LogP contribution in [0, 0.1) is 0 Å². The first-order valence-corrected chi connectivity index (χ1v) is 10.9. The number of Topliss-reactive ketones (excluding diaryl/α,β-unsaturated/α-hetero) is 1. The Labute approximate surface area is 201 Å². The Bertz CT molecular complexity index is 1320. The van der Waals surface area contributed by atoms with Gasteiger partial charge in [-0.1, -0.05) is 12.1 Å². The highest BCUT2D eigenvalue weighted by molar-refractivity contribution is 6.27. The van der Waals surface area contributed by atoms with Gasteiger partial charge in [-0.2, -0.15) is 0 Å². The summed E-state index contributed by atoms with van der Waals surface area (Å²) in [6.45, 7) is 0.224. The second-order valence-corrected chi connectivity index (χ2v) is 7.84. The molecule has 0 aromatic heterocycles. The van der Waals surface area contributed by atoms with Crippen molar-refractivity contribution in [2.75, 3.05) is 27.8 Å². The van der Waals surface area contributed by atoms with Crippen LogP contribution in [0.4, 0.5) is 0 Å². The van der Waals surface area contributed by atoms with E-state index in [4.69, 9.17) is 28.4 Å². The van der Waals surface area contributed by atoms with Crippen LogP contribution in [0.25, 0.3) is 5.57 Å². The van der Waals surface area contributed by atoms with E-state index < -0.39 is 5.97 Å². The summed E-state index contributed by atoms with van der Waals surface area (Å²) in [5.74, 6) is 1.93. The second-order valence-electron chi connectivity index (χ2n) is 7.84. The van der Waals surface area contributed by atoms with E-state index in [1.807, 2.05) is 6.07 Å². The molecule has 0 bridgehead atoms. The van der Waals surface area contributed by atoms with Crippen molar-refractivity contribution < 1.29 is 38.0 Å². The molecule has 178 valence electrons. The highest BCUT2D eigenvalue weighted by atomic mass is 16.7. The zero-order chi connectivity index (χ0) is 24.4. The van der Waals surface area contributed by atoms with Gasteiger partial charge in [0.05, 0.1) is 19.8 Å². The lowest BCUT2D eigenvalue weighted by Gasteiger charge is -2.15. The minimum atomic E-state index is -0.638. The molecule has 2 heterocycles. The maximum absolute atomic E-state index is 13.8. The fourth-order valence-electron chi connectivity index (χ4n) is 4.02. The molecule has 0 amide bonds. The quantitative estimate of drug-likeness (QED) is 0.286. The summed E-state index contributed by atoms with van der Waals surface area (Å²) < 4.78 is 32.1. The topological polar surface area (TPSA) is 89.5 Å². The standard InChI is InChI=1S/C27H22O8/c1-30-19-7-4-17(5-8-19)26(28)20(11-16-3-9-21-23(12-16)34-14-32-21)25(27(29)31-2)18-6-10-22-24(13-18)35-15-33-22/h3-10,12-13H,11,14-15H2,1-2H3/b25-20-. The molecule has 8 heteroatoms. The summed E-state index contributed by atoms with van der Waals surface area (Å²) in [7, 11) is 2.84. The maximum Gasteiger partial charge on any atom is 0.338 e. The Morgan fingerprint density at radius 1 is 0.743 bits per heavy atom. The van der Waals surface area contributed by atoms with E-state index in [1.165, 1.54) is 7.11 Å². The molecule has 5 rings (SSSR count). The summed E-state index contributed by atoms with van der Waals surface area (Å²) in [5, 5.41) is 0. The molecule has 0 N–H and O–H groups in total. The Morgan fingerprint density at radius 2 is 1.34 bits per heavy atom. The van der Waals surface area contributed by atoms with Crippen molar-refractivity contribution in [3.8, 4) is 28.7 Å². The van der Waals surface area contributed by atoms with Crippen LogP contribution in [0.2, 0.25) is 0 Å². The van der Waals surface area contributed by atoms with E-state index in [0.29, 0.717) is 39.9 Å². The van der Waals surface area contributed by atoms with Crippen LogP contribution in [0.1, 0.15) is 21.5 Å². The molecular formula is C27H22O8. The molecular weight excluding hydrogens is 452 g/mol. The molecule has 2 aliphatic heterocycles. The van der Waals surface area contributed by atoms with Crippen molar-refractivity contribution in [2.24, 2.45) is 0 Å². The van der Waals surface area contributed by atoms with Gasteiger partial charge in [-0.25, -0.2) is 4.79 Å². The predicted octanol–water partition coefficient (Wildman–Crippen LogP) is 4.20. The smallest absolute Gasteiger partial charge is 0.338 e. The molecule has 0 saturated carbocycles. The normalized spacial score (nSPS) is 13.8. The molecule has 0 saturated heterocycles. The number of ketones is 1. The van der Waals surface area contributed by atoms with E-state index >= 15 is 0 Å². The SMILES string of the molecule is COC(=O)/C(=C(/Cc1ccc2c(c1)OCO2)C(=O)c1ccc(OC)cc1)c1ccc2c(c1)OCO2. The maximum atomic E-state index is 13.8. The van der Waals surface area contributed by atoms with Gasteiger partial charge in [0.15, 0.2) is 28.8 Å². The van der Waals surface area contributed by atoms with E-state index in [0.717, 1.165) is 5.56 Å². The highest BCUT2D eigenvalue weighted by Gasteiger charge is 2.27. The van der Waals surface area contributed by atoms with Gasteiger partial charge in [-0.3, -0.25) is 4.79 Å². The third-order valence-corrected chi connectivity index (χ3v) is 5.80. The van der Waals surface area contributed by atoms with Crippen molar-refractivity contribution in [1.82, 2.24) is 0 Å². The zero-order valence-corrected chi connectivity index (χ0v) is 19.2. The van der Waals surface area contributed by atoms with Crippen LogP contribution in [-0.4, -0.2) is 39.6 Å². The average Bonchev–Trinajstić information content (AvgIpc) is 3.56. The molecule has 0 atom stereocenters. The summed E-state index contributed by atoms with van der Waals surface area (Å²) in [6, 6.07) is 17.2. The van der Waals surface area contributed by atoms with Crippen molar-refractivity contribution in [3.05, 3.63) is 82.9 Å². The van der Waals surface area contributed by atoms with Gasteiger partial charge in [0.25, 0.3) is 0 Å². The minimum Gasteiger partial charge on any atom is -0.497 e. The molecule has 3 aromatic rings. The fraction of sp³-hybridized carbons (Fsp3) is 0.185. The Balaban J connectivity index is 1.65. The largest absolute Gasteiger partial charge is 0.497 e. The number of carbonyl (C=O) groups excluding carboxylic acids is 2. The van der Waals surface area contributed by atoms with Gasteiger partial charge in [0.1, 0.15) is 5.75 Å². The average molecular weight is 474 g/mol. The van der Waals surface area contributed by atoms with Crippen LogP contribution in [-0.2, 0) is 16.0 Å². The van der Waals surface area contributed by atoms with Crippen LogP contribution >= 0.6 is 0 Å². The van der Waals surface area contributed by atoms with E-state index in [9.17, 15) is 9.59 Å². The van der Waals surface area contributed by atoms with Gasteiger partial charge in [-0.15, -0.1) is 0 Å². The molecule has 0 spiro atoms. The number of fused-ring (bicyclic) bond motifs is 2. The molecule has 0 unspecified atom stereocenters. The number of rotatable bonds is 7. The third-order valence-electron chi connectivity index (χ3n) is 5.80. The van der Waals surface area contributed by atoms with Gasteiger partial charge in [0.2, 0.25) is 13.6 Å². The van der Waals surface area contributed by atoms with Gasteiger partial charge in [-0.05, 0) is 59.7 Å². The number of ether oxygens (including phenoxy) is 6. The number of allylic oxidation sites excluding steroid dienone is 1. The van der Waals surface area contributed by atoms with Gasteiger partial charge >= 0.3 is 5.97 Å². The number of hydrogen-bond donors (Lipinski definition) is 0. The molecule has 0 aliphatic carbocycles. The van der Waals surface area contributed by atoms with Crippen molar-refractivity contribution in [3.63, 3.8) is 0 Å². The van der Waals surface area contributed by atoms with Crippen molar-refractivity contribution in [2.45, 2.75) is 6.42 Å². The number of carbonyl (C=O) groups is 2. The number of methoxy groups -OCH3 is 2. The lowest BCUT2D eigenvalue weighted by atomic mass is 9.89. The summed E-state index contributed by atoms with van der Waals surface area (Å²) >= 11 is 0. The zero-order valence-electron chi connectivity index (χ0n) is 19.2. The monoisotopic (exact) mass is 474 g/mol. The van der Waals surface area contributed by atoms with Gasteiger partial charge < -0.3 is 28.4 Å². The molecule has 0 radical (unpaired) electrons. The Hall–Kier alpha value is -4.46. The van der Waals surface area contributed by atoms with Crippen LogP contribution in [0.15, 0.2) is 66.2 Å². The summed E-state index contributed by atoms with van der Waals surface area (Å²) in [6.07, 6.45) is 0.153. The lowest BCUT2D eigenvalue weighted by Crippen LogP contribution is -2.15. The lowest BCUT2D eigenvalue weighted by molar-refractivity contribution is -0.133. The fourth-order valence-corrected chi connectivity index (χ4v) is 4.02. The first-order valence-electron chi connectivity index (χ1n) is 10.9. The number of esters is 1. The van der Waals surface area contributed by atoms with E-state index in [-0.39, 0.29) is 36.9 Å². The minimum absolute atomic E-state index is 0.0882. The van der Waals surface area contributed by atoms with Crippen molar-refractivity contribution >= 4 is 17.3 Å². The Morgan fingerprint density at radius 3 is 2.00 bits per heavy atom. The first kappa shape index (κ1) is 22.3. The summed E-state index contributed by atoms with van der Waals surface area (Å²) in [4.78, 5) is 26.9. The van der Waals surface area contributed by atoms with Gasteiger partial charge in [0, 0.05) is 17.6 Å². The molecule has 2 aliphatic rings. The number of hydrogen-bond acceptors (Lipinski definition) is 8. The van der Waals surface area contributed by atoms with E-state index in [1.54, 1.807) is 61.7 Å². The molecule has 35 heavy (non-hydrogen) atoms. The summed E-state index contributed by atoms with van der Waals surface area (Å²) in [5.41, 5.74) is 2.07.